The molecule has 4 heterocycles. The number of benzene rings is 2. The van der Waals surface area contributed by atoms with E-state index < -0.39 is 10.6 Å². The van der Waals surface area contributed by atoms with Crippen molar-refractivity contribution in [3.8, 4) is 0 Å². The Hall–Kier alpha value is -2.85. The molecular formula is C24H26N4O4S. The number of amides is 2. The van der Waals surface area contributed by atoms with Gasteiger partial charge in [-0.15, -0.1) is 0 Å². The van der Waals surface area contributed by atoms with Crippen LogP contribution in [0.1, 0.15) is 11.1 Å². The first-order valence-corrected chi connectivity index (χ1v) is 12.7. The predicted molar refractivity (Wildman–Crippen MR) is 129 cm³/mol. The van der Waals surface area contributed by atoms with E-state index >= 15 is 0 Å². The number of anilines is 2. The van der Waals surface area contributed by atoms with Crippen LogP contribution in [-0.2, 0) is 11.3 Å². The van der Waals surface area contributed by atoms with Crippen LogP contribution < -0.4 is 15.1 Å². The van der Waals surface area contributed by atoms with Gasteiger partial charge in [0.15, 0.2) is 0 Å². The van der Waals surface area contributed by atoms with Crippen LogP contribution in [0, 0.1) is 6.92 Å². The highest BCUT2D eigenvalue weighted by Gasteiger charge is 2.52. The molecule has 172 valence electrons. The Morgan fingerprint density at radius 3 is 2.76 bits per heavy atom. The van der Waals surface area contributed by atoms with Gasteiger partial charge in [-0.2, -0.15) is 10.6 Å². The van der Waals surface area contributed by atoms with Crippen LogP contribution in [0.25, 0.3) is 10.9 Å². The lowest BCUT2D eigenvalue weighted by Crippen LogP contribution is -2.61. The number of hydrogen-bond acceptors (Lipinski definition) is 6. The fourth-order valence-electron chi connectivity index (χ4n) is 5.04. The number of nitrogens with one attached hydrogen (secondary N) is 1. The Kier molecular flexibility index (Phi) is 4.60. The second kappa shape index (κ2) is 7.33. The van der Waals surface area contributed by atoms with Crippen molar-refractivity contribution in [1.82, 2.24) is 10.3 Å². The highest BCUT2D eigenvalue weighted by molar-refractivity contribution is 8.24. The molecule has 2 amide bonds. The summed E-state index contributed by atoms with van der Waals surface area (Å²) in [6.07, 6.45) is 0. The third-order valence-electron chi connectivity index (χ3n) is 6.89. The zero-order valence-corrected chi connectivity index (χ0v) is 19.1. The Balaban J connectivity index is 1.51. The van der Waals surface area contributed by atoms with Crippen molar-refractivity contribution in [2.75, 3.05) is 41.9 Å². The standard InChI is InChI=1S/C24H26N4O4S/c1-16-5-4-7-18-19(28-23(29)25-13-24(28)14-32-15-24)11-21(26-22(16)18)27-9-10-33(30,31)20-8-3-2-6-17(20)12-27/h2-8,11,30-31H,9-10,12-15H2,1H3,(H,25,29). The minimum atomic E-state index is -2.88. The van der Waals surface area contributed by atoms with E-state index in [9.17, 15) is 13.9 Å². The molecule has 3 N–H and O–H groups in total. The average Bonchev–Trinajstić information content (AvgIpc) is 3.07. The molecule has 1 aromatic heterocycles. The monoisotopic (exact) mass is 466 g/mol. The fourth-order valence-corrected chi connectivity index (χ4v) is 6.58. The third kappa shape index (κ3) is 3.18. The molecule has 1 spiro atoms. The predicted octanol–water partition coefficient (Wildman–Crippen LogP) is 3.97. The van der Waals surface area contributed by atoms with Gasteiger partial charge >= 0.3 is 6.03 Å². The summed E-state index contributed by atoms with van der Waals surface area (Å²) in [6.45, 7) is 4.51. The van der Waals surface area contributed by atoms with Crippen molar-refractivity contribution in [2.45, 2.75) is 23.9 Å². The molecule has 2 fully saturated rings. The summed E-state index contributed by atoms with van der Waals surface area (Å²) in [5.74, 6) is 0.947. The number of carbonyl (C=O) groups excluding carboxylic acids is 1. The summed E-state index contributed by atoms with van der Waals surface area (Å²) in [7, 11) is -2.88. The molecule has 0 unspecified atom stereocenters. The Morgan fingerprint density at radius 2 is 1.97 bits per heavy atom. The van der Waals surface area contributed by atoms with Crippen LogP contribution in [0.3, 0.4) is 0 Å². The SMILES string of the molecule is Cc1cccc2c(N3C(=O)NCC34COC4)cc(N3CCS(O)(O)c4ccccc4C3)nc12. The molecule has 33 heavy (non-hydrogen) atoms. The van der Waals surface area contributed by atoms with Gasteiger partial charge in [0.25, 0.3) is 0 Å². The zero-order chi connectivity index (χ0) is 22.8. The van der Waals surface area contributed by atoms with Crippen molar-refractivity contribution in [1.29, 1.82) is 0 Å². The highest BCUT2D eigenvalue weighted by atomic mass is 32.3. The molecule has 2 saturated heterocycles. The molecule has 3 aliphatic rings. The van der Waals surface area contributed by atoms with Crippen molar-refractivity contribution >= 4 is 39.0 Å². The maximum absolute atomic E-state index is 13.0. The van der Waals surface area contributed by atoms with Gasteiger partial charge in [0.05, 0.1) is 35.1 Å². The van der Waals surface area contributed by atoms with E-state index in [1.807, 2.05) is 54.3 Å². The molecule has 9 heteroatoms. The molecule has 0 atom stereocenters. The summed E-state index contributed by atoms with van der Waals surface area (Å²) in [6, 6.07) is 15.3. The van der Waals surface area contributed by atoms with Crippen molar-refractivity contribution in [3.05, 3.63) is 59.7 Å². The van der Waals surface area contributed by atoms with Gasteiger partial charge in [0.1, 0.15) is 11.4 Å². The van der Waals surface area contributed by atoms with E-state index in [0.29, 0.717) is 43.6 Å². The molecule has 0 saturated carbocycles. The summed E-state index contributed by atoms with van der Waals surface area (Å²) >= 11 is 0. The number of urea groups is 1. The first-order valence-electron chi connectivity index (χ1n) is 11.0. The number of ether oxygens (including phenoxy) is 1. The van der Waals surface area contributed by atoms with Gasteiger partial charge in [-0.05, 0) is 24.1 Å². The minimum absolute atomic E-state index is 0.131. The van der Waals surface area contributed by atoms with Gasteiger partial charge in [-0.25, -0.2) is 9.78 Å². The van der Waals surface area contributed by atoms with Crippen molar-refractivity contribution in [2.24, 2.45) is 0 Å². The highest BCUT2D eigenvalue weighted by Crippen LogP contribution is 2.51. The summed E-state index contributed by atoms with van der Waals surface area (Å²) in [4.78, 5) is 22.5. The number of nitrogens with zero attached hydrogens (tertiary/aromatic N) is 3. The number of para-hydroxylation sites is 1. The van der Waals surface area contributed by atoms with E-state index in [1.54, 1.807) is 6.07 Å². The van der Waals surface area contributed by atoms with Gasteiger partial charge < -0.3 is 15.0 Å². The van der Waals surface area contributed by atoms with Gasteiger partial charge in [0.2, 0.25) is 0 Å². The lowest BCUT2D eigenvalue weighted by atomic mass is 9.95. The van der Waals surface area contributed by atoms with Crippen LogP contribution in [0.2, 0.25) is 0 Å². The molecule has 0 aliphatic carbocycles. The normalized spacial score (nSPS) is 22.0. The molecule has 6 rings (SSSR count). The summed E-state index contributed by atoms with van der Waals surface area (Å²) in [5, 5.41) is 3.90. The van der Waals surface area contributed by atoms with Gasteiger partial charge in [-0.1, -0.05) is 36.4 Å². The second-order valence-corrected chi connectivity index (χ2v) is 11.3. The van der Waals surface area contributed by atoms with Crippen LogP contribution in [0.15, 0.2) is 53.4 Å². The molecule has 3 aliphatic heterocycles. The van der Waals surface area contributed by atoms with E-state index in [4.69, 9.17) is 9.72 Å². The third-order valence-corrected chi connectivity index (χ3v) is 8.74. The van der Waals surface area contributed by atoms with E-state index in [-0.39, 0.29) is 17.3 Å². The Labute approximate surface area is 193 Å². The van der Waals surface area contributed by atoms with Crippen molar-refractivity contribution < 1.29 is 18.6 Å². The van der Waals surface area contributed by atoms with E-state index in [0.717, 1.165) is 27.7 Å². The van der Waals surface area contributed by atoms with Gasteiger partial charge in [0, 0.05) is 31.1 Å². The topological polar surface area (TPSA) is 98.2 Å². The Morgan fingerprint density at radius 1 is 1.15 bits per heavy atom. The quantitative estimate of drug-likeness (QED) is 0.529. The summed E-state index contributed by atoms with van der Waals surface area (Å²) < 4.78 is 27.1. The van der Waals surface area contributed by atoms with E-state index in [2.05, 4.69) is 10.2 Å². The summed E-state index contributed by atoms with van der Waals surface area (Å²) in [5.41, 5.74) is 3.16. The molecule has 2 aromatic carbocycles. The van der Waals surface area contributed by atoms with Crippen LogP contribution in [0.5, 0.6) is 0 Å². The number of pyridine rings is 1. The fraction of sp³-hybridized carbons (Fsp3) is 0.333. The lowest BCUT2D eigenvalue weighted by Gasteiger charge is -2.44. The minimum Gasteiger partial charge on any atom is -0.376 e. The van der Waals surface area contributed by atoms with Crippen LogP contribution >= 0.6 is 10.6 Å². The largest absolute Gasteiger partial charge is 0.376 e. The maximum atomic E-state index is 13.0. The first kappa shape index (κ1) is 20.7. The van der Waals surface area contributed by atoms with Crippen LogP contribution in [0.4, 0.5) is 16.3 Å². The smallest absolute Gasteiger partial charge is 0.322 e. The molecule has 8 nitrogen and oxygen atoms in total. The zero-order valence-electron chi connectivity index (χ0n) is 18.3. The number of carbonyl (C=O) groups is 1. The maximum Gasteiger partial charge on any atom is 0.322 e. The van der Waals surface area contributed by atoms with Crippen molar-refractivity contribution in [3.63, 3.8) is 0 Å². The average molecular weight is 467 g/mol. The molecular weight excluding hydrogens is 440 g/mol. The Bertz CT molecular complexity index is 1280. The van der Waals surface area contributed by atoms with E-state index in [1.165, 1.54) is 0 Å². The lowest BCUT2D eigenvalue weighted by molar-refractivity contribution is -0.0429. The molecule has 0 bridgehead atoms. The molecule has 0 radical (unpaired) electrons. The van der Waals surface area contributed by atoms with Gasteiger partial charge in [-0.3, -0.25) is 14.0 Å². The number of rotatable bonds is 2. The number of aromatic nitrogens is 1. The number of aryl methyl sites for hydroxylation is 1. The molecule has 3 aromatic rings. The first-order chi connectivity index (χ1) is 15.9. The number of fused-ring (bicyclic) bond motifs is 2. The van der Waals surface area contributed by atoms with Crippen LogP contribution in [-0.4, -0.2) is 57.7 Å². The number of hydrogen-bond donors (Lipinski definition) is 3. The second-order valence-electron chi connectivity index (χ2n) is 9.08.